The van der Waals surface area contributed by atoms with Gasteiger partial charge < -0.3 is 9.64 Å². The maximum absolute atomic E-state index is 13.3. The zero-order chi connectivity index (χ0) is 20.7. The standard InChI is InChI=1S/C25H26N2O2S/c1-17-8-9-18(2)19(12-17)14-26-10-5-11-27(16-26)25(28)23-13-20-15-29-22-7-4-3-6-21(22)24(20)30-23/h3-4,6-9,12-13H,5,10-11,14-16H2,1-2H3. The molecule has 3 aromatic rings. The van der Waals surface area contributed by atoms with Gasteiger partial charge in [-0.2, -0.15) is 0 Å². The topological polar surface area (TPSA) is 32.8 Å². The molecule has 0 unspecified atom stereocenters. The van der Waals surface area contributed by atoms with Crippen LogP contribution in [0.15, 0.2) is 48.5 Å². The van der Waals surface area contributed by atoms with Crippen molar-refractivity contribution in [3.8, 4) is 16.2 Å². The highest BCUT2D eigenvalue weighted by molar-refractivity contribution is 7.17. The average molecular weight is 419 g/mol. The van der Waals surface area contributed by atoms with Crippen LogP contribution in [-0.4, -0.2) is 35.5 Å². The van der Waals surface area contributed by atoms with Crippen LogP contribution in [-0.2, 0) is 13.2 Å². The van der Waals surface area contributed by atoms with Crippen molar-refractivity contribution in [3.63, 3.8) is 0 Å². The Morgan fingerprint density at radius 2 is 1.97 bits per heavy atom. The second-order valence-electron chi connectivity index (χ2n) is 8.30. The first-order chi connectivity index (χ1) is 14.6. The van der Waals surface area contributed by atoms with E-state index < -0.39 is 0 Å². The summed E-state index contributed by atoms with van der Waals surface area (Å²) in [5.41, 5.74) is 6.16. The van der Waals surface area contributed by atoms with Crippen molar-refractivity contribution in [1.82, 2.24) is 9.80 Å². The molecule has 2 aliphatic rings. The maximum Gasteiger partial charge on any atom is 0.264 e. The molecule has 2 aliphatic heterocycles. The van der Waals surface area contributed by atoms with E-state index in [1.807, 2.05) is 29.2 Å². The van der Waals surface area contributed by atoms with Gasteiger partial charge in [0.2, 0.25) is 0 Å². The third kappa shape index (κ3) is 3.64. The van der Waals surface area contributed by atoms with Crippen LogP contribution in [0.2, 0.25) is 0 Å². The van der Waals surface area contributed by atoms with Crippen LogP contribution in [0.25, 0.3) is 10.4 Å². The molecule has 0 N–H and O–H groups in total. The molecule has 0 bridgehead atoms. The summed E-state index contributed by atoms with van der Waals surface area (Å²) in [7, 11) is 0. The summed E-state index contributed by atoms with van der Waals surface area (Å²) in [5.74, 6) is 1.04. The van der Waals surface area contributed by atoms with Crippen LogP contribution < -0.4 is 4.74 Å². The third-order valence-electron chi connectivity index (χ3n) is 5.99. The fourth-order valence-electron chi connectivity index (χ4n) is 4.34. The smallest absolute Gasteiger partial charge is 0.264 e. The first kappa shape index (κ1) is 19.3. The van der Waals surface area contributed by atoms with Crippen molar-refractivity contribution in [1.29, 1.82) is 0 Å². The predicted octanol–water partition coefficient (Wildman–Crippen LogP) is 5.23. The SMILES string of the molecule is Cc1ccc(C)c(CN2CCCN(C(=O)c3cc4c(s3)-c3ccccc3OC4)C2)c1. The van der Waals surface area contributed by atoms with Gasteiger partial charge in [0, 0.05) is 35.6 Å². The summed E-state index contributed by atoms with van der Waals surface area (Å²) < 4.78 is 5.87. The fourth-order valence-corrected chi connectivity index (χ4v) is 5.50. The fraction of sp³-hybridized carbons (Fsp3) is 0.320. The molecule has 3 heterocycles. The summed E-state index contributed by atoms with van der Waals surface area (Å²) in [6, 6.07) is 16.7. The number of carbonyl (C=O) groups excluding carboxylic acids is 1. The molecular weight excluding hydrogens is 392 g/mol. The van der Waals surface area contributed by atoms with Gasteiger partial charge in [-0.1, -0.05) is 35.9 Å². The predicted molar refractivity (Wildman–Crippen MR) is 121 cm³/mol. The second-order valence-corrected chi connectivity index (χ2v) is 9.35. The van der Waals surface area contributed by atoms with Crippen molar-refractivity contribution >= 4 is 17.2 Å². The minimum atomic E-state index is 0.137. The summed E-state index contributed by atoms with van der Waals surface area (Å²) in [5, 5.41) is 0. The highest BCUT2D eigenvalue weighted by Crippen LogP contribution is 2.42. The van der Waals surface area contributed by atoms with Crippen LogP contribution in [0, 0.1) is 13.8 Å². The number of amides is 1. The van der Waals surface area contributed by atoms with E-state index in [-0.39, 0.29) is 5.91 Å². The van der Waals surface area contributed by atoms with E-state index >= 15 is 0 Å². The van der Waals surface area contributed by atoms with E-state index in [1.54, 1.807) is 11.3 Å². The molecule has 0 radical (unpaired) electrons. The van der Waals surface area contributed by atoms with Gasteiger partial charge in [-0.15, -0.1) is 11.3 Å². The lowest BCUT2D eigenvalue weighted by atomic mass is 10.0. The lowest BCUT2D eigenvalue weighted by Crippen LogP contribution is -2.47. The van der Waals surface area contributed by atoms with Gasteiger partial charge in [0.25, 0.3) is 5.91 Å². The Bertz CT molecular complexity index is 1100. The molecule has 154 valence electrons. The molecule has 2 aromatic carbocycles. The summed E-state index contributed by atoms with van der Waals surface area (Å²) in [6.45, 7) is 8.25. The third-order valence-corrected chi connectivity index (χ3v) is 7.19. The first-order valence-corrected chi connectivity index (χ1v) is 11.3. The number of fused-ring (bicyclic) bond motifs is 3. The van der Waals surface area contributed by atoms with Gasteiger partial charge in [0.05, 0.1) is 11.5 Å². The highest BCUT2D eigenvalue weighted by atomic mass is 32.1. The molecule has 1 aromatic heterocycles. The molecule has 1 saturated heterocycles. The largest absolute Gasteiger partial charge is 0.488 e. The molecular formula is C25H26N2O2S. The molecule has 0 saturated carbocycles. The molecule has 0 atom stereocenters. The molecule has 1 fully saturated rings. The van der Waals surface area contributed by atoms with Crippen LogP contribution in [0.1, 0.15) is 38.3 Å². The van der Waals surface area contributed by atoms with Crippen molar-refractivity contribution in [2.24, 2.45) is 0 Å². The minimum Gasteiger partial charge on any atom is -0.488 e. The Labute approximate surface area is 181 Å². The van der Waals surface area contributed by atoms with Gasteiger partial charge in [-0.3, -0.25) is 9.69 Å². The van der Waals surface area contributed by atoms with E-state index in [1.165, 1.54) is 21.6 Å². The van der Waals surface area contributed by atoms with Crippen LogP contribution in [0.3, 0.4) is 0 Å². The zero-order valence-electron chi connectivity index (χ0n) is 17.5. The zero-order valence-corrected chi connectivity index (χ0v) is 18.3. The van der Waals surface area contributed by atoms with E-state index in [0.29, 0.717) is 13.3 Å². The number of nitrogens with zero attached hydrogens (tertiary/aromatic N) is 2. The highest BCUT2D eigenvalue weighted by Gasteiger charge is 2.27. The van der Waals surface area contributed by atoms with Crippen LogP contribution >= 0.6 is 11.3 Å². The lowest BCUT2D eigenvalue weighted by molar-refractivity contribution is 0.0484. The quantitative estimate of drug-likeness (QED) is 0.584. The Hall–Kier alpha value is -2.63. The van der Waals surface area contributed by atoms with E-state index in [9.17, 15) is 4.79 Å². The number of para-hydroxylation sites is 1. The van der Waals surface area contributed by atoms with Gasteiger partial charge in [0.1, 0.15) is 12.4 Å². The van der Waals surface area contributed by atoms with E-state index in [2.05, 4.69) is 43.0 Å². The van der Waals surface area contributed by atoms with Crippen LogP contribution in [0.4, 0.5) is 0 Å². The number of rotatable bonds is 3. The van der Waals surface area contributed by atoms with Gasteiger partial charge in [0.15, 0.2) is 0 Å². The number of hydrogen-bond donors (Lipinski definition) is 0. The molecule has 5 heteroatoms. The van der Waals surface area contributed by atoms with Crippen molar-refractivity contribution < 1.29 is 9.53 Å². The molecule has 5 rings (SSSR count). The number of thiophene rings is 1. The Balaban J connectivity index is 1.33. The normalized spacial score (nSPS) is 16.0. The van der Waals surface area contributed by atoms with Crippen LogP contribution in [0.5, 0.6) is 5.75 Å². The number of ether oxygens (including phenoxy) is 1. The van der Waals surface area contributed by atoms with Gasteiger partial charge >= 0.3 is 0 Å². The van der Waals surface area contributed by atoms with Gasteiger partial charge in [-0.25, -0.2) is 0 Å². The maximum atomic E-state index is 13.3. The van der Waals surface area contributed by atoms with E-state index in [4.69, 9.17) is 4.74 Å². The molecule has 30 heavy (non-hydrogen) atoms. The lowest BCUT2D eigenvalue weighted by Gasteiger charge is -2.35. The van der Waals surface area contributed by atoms with Gasteiger partial charge in [-0.05, 0) is 49.6 Å². The molecule has 1 amide bonds. The Morgan fingerprint density at radius 3 is 2.87 bits per heavy atom. The Morgan fingerprint density at radius 1 is 1.10 bits per heavy atom. The monoisotopic (exact) mass is 418 g/mol. The summed E-state index contributed by atoms with van der Waals surface area (Å²) >= 11 is 1.60. The number of aryl methyl sites for hydroxylation is 2. The summed E-state index contributed by atoms with van der Waals surface area (Å²) in [4.78, 5) is 19.7. The molecule has 4 nitrogen and oxygen atoms in total. The number of benzene rings is 2. The van der Waals surface area contributed by atoms with Crippen molar-refractivity contribution in [3.05, 3.63) is 75.7 Å². The Kier molecular flexibility index (Phi) is 5.09. The molecule has 0 aliphatic carbocycles. The van der Waals surface area contributed by atoms with Crippen molar-refractivity contribution in [2.45, 2.75) is 33.4 Å². The second kappa shape index (κ2) is 7.89. The van der Waals surface area contributed by atoms with E-state index in [0.717, 1.165) is 47.8 Å². The number of carbonyl (C=O) groups is 1. The van der Waals surface area contributed by atoms with Crippen molar-refractivity contribution in [2.75, 3.05) is 19.8 Å². The molecule has 0 spiro atoms. The minimum absolute atomic E-state index is 0.137. The average Bonchev–Trinajstić information content (AvgIpc) is 3.21. The number of hydrogen-bond acceptors (Lipinski definition) is 4. The summed E-state index contributed by atoms with van der Waals surface area (Å²) in [6.07, 6.45) is 1.01. The first-order valence-electron chi connectivity index (χ1n) is 10.5.